The molecule has 0 radical (unpaired) electrons. The van der Waals surface area contributed by atoms with E-state index >= 15 is 0 Å². The molecule has 0 aromatic carbocycles. The Balaban J connectivity index is 1.81. The second-order valence-corrected chi connectivity index (χ2v) is 7.36. The van der Waals surface area contributed by atoms with E-state index in [1.807, 2.05) is 22.7 Å². The van der Waals surface area contributed by atoms with E-state index in [-0.39, 0.29) is 0 Å². The lowest BCUT2D eigenvalue weighted by Gasteiger charge is -2.29. The van der Waals surface area contributed by atoms with Gasteiger partial charge in [-0.15, -0.1) is 22.7 Å². The molecule has 3 rings (SSSR count). The van der Waals surface area contributed by atoms with Crippen LogP contribution in [0.25, 0.3) is 0 Å². The number of rotatable bonds is 3. The van der Waals surface area contributed by atoms with Gasteiger partial charge in [0, 0.05) is 22.3 Å². The standard InChI is InChI=1S/C16H21NS2/c1-13-8-11-19-16(13)12-17-9-4-2-3-6-14(17)15-7-5-10-18-15/h5,7-8,10-11,14H,2-4,6,9,12H2,1H3. The molecule has 1 aliphatic rings. The Hall–Kier alpha value is -0.640. The van der Waals surface area contributed by atoms with Gasteiger partial charge in [0.1, 0.15) is 0 Å². The van der Waals surface area contributed by atoms with Crippen LogP contribution in [0.3, 0.4) is 0 Å². The van der Waals surface area contributed by atoms with Gasteiger partial charge in [-0.25, -0.2) is 0 Å². The van der Waals surface area contributed by atoms with Crippen molar-refractivity contribution in [2.45, 2.75) is 45.2 Å². The van der Waals surface area contributed by atoms with Crippen molar-refractivity contribution >= 4 is 22.7 Å². The first-order chi connectivity index (χ1) is 9.34. The third kappa shape index (κ3) is 3.10. The molecule has 0 aliphatic carbocycles. The normalized spacial score (nSPS) is 21.4. The van der Waals surface area contributed by atoms with Crippen LogP contribution in [-0.2, 0) is 6.54 Å². The van der Waals surface area contributed by atoms with Crippen LogP contribution in [0.1, 0.15) is 47.0 Å². The average molecular weight is 291 g/mol. The molecule has 0 N–H and O–H groups in total. The predicted octanol–water partition coefficient (Wildman–Crippen LogP) is 5.24. The van der Waals surface area contributed by atoms with Crippen molar-refractivity contribution in [3.63, 3.8) is 0 Å². The summed E-state index contributed by atoms with van der Waals surface area (Å²) in [6.07, 6.45) is 5.45. The fraction of sp³-hybridized carbons (Fsp3) is 0.500. The molecule has 1 fully saturated rings. The van der Waals surface area contributed by atoms with E-state index in [0.717, 1.165) is 6.54 Å². The van der Waals surface area contributed by atoms with E-state index in [4.69, 9.17) is 0 Å². The van der Waals surface area contributed by atoms with Crippen molar-refractivity contribution in [3.8, 4) is 0 Å². The first-order valence-electron chi connectivity index (χ1n) is 7.15. The second kappa shape index (κ2) is 6.21. The number of nitrogens with zero attached hydrogens (tertiary/aromatic N) is 1. The fourth-order valence-electron chi connectivity index (χ4n) is 2.91. The van der Waals surface area contributed by atoms with Crippen molar-refractivity contribution in [3.05, 3.63) is 44.3 Å². The zero-order valence-electron chi connectivity index (χ0n) is 11.5. The summed E-state index contributed by atoms with van der Waals surface area (Å²) in [6, 6.07) is 7.40. The zero-order valence-corrected chi connectivity index (χ0v) is 13.1. The van der Waals surface area contributed by atoms with E-state index in [9.17, 15) is 0 Å². The number of aryl methyl sites for hydroxylation is 1. The minimum absolute atomic E-state index is 0.643. The van der Waals surface area contributed by atoms with Gasteiger partial charge in [-0.1, -0.05) is 18.9 Å². The first-order valence-corrected chi connectivity index (χ1v) is 8.91. The lowest BCUT2D eigenvalue weighted by Crippen LogP contribution is -2.27. The molecule has 19 heavy (non-hydrogen) atoms. The molecule has 0 amide bonds. The van der Waals surface area contributed by atoms with E-state index < -0.39 is 0 Å². The number of hydrogen-bond acceptors (Lipinski definition) is 3. The molecule has 1 nitrogen and oxygen atoms in total. The van der Waals surface area contributed by atoms with Gasteiger partial charge in [0.15, 0.2) is 0 Å². The lowest BCUT2D eigenvalue weighted by atomic mass is 10.1. The van der Waals surface area contributed by atoms with Gasteiger partial charge in [-0.05, 0) is 54.8 Å². The second-order valence-electron chi connectivity index (χ2n) is 5.38. The Labute approximate surface area is 123 Å². The van der Waals surface area contributed by atoms with Crippen LogP contribution in [0.15, 0.2) is 29.0 Å². The maximum Gasteiger partial charge on any atom is 0.0445 e. The highest BCUT2D eigenvalue weighted by molar-refractivity contribution is 7.10. The molecule has 1 atom stereocenters. The highest BCUT2D eigenvalue weighted by Crippen LogP contribution is 2.34. The van der Waals surface area contributed by atoms with Crippen molar-refractivity contribution in [2.75, 3.05) is 6.54 Å². The summed E-state index contributed by atoms with van der Waals surface area (Å²) in [5, 5.41) is 4.44. The molecular formula is C16H21NS2. The highest BCUT2D eigenvalue weighted by atomic mass is 32.1. The molecule has 2 aromatic rings. The molecule has 1 unspecified atom stereocenters. The van der Waals surface area contributed by atoms with Crippen LogP contribution in [0.5, 0.6) is 0 Å². The Morgan fingerprint density at radius 2 is 2.11 bits per heavy atom. The number of hydrogen-bond donors (Lipinski definition) is 0. The van der Waals surface area contributed by atoms with Crippen molar-refractivity contribution in [1.29, 1.82) is 0 Å². The molecule has 3 heterocycles. The molecule has 0 bridgehead atoms. The molecule has 0 spiro atoms. The van der Waals surface area contributed by atoms with Gasteiger partial charge in [0.25, 0.3) is 0 Å². The van der Waals surface area contributed by atoms with Crippen LogP contribution < -0.4 is 0 Å². The van der Waals surface area contributed by atoms with Gasteiger partial charge >= 0.3 is 0 Å². The monoisotopic (exact) mass is 291 g/mol. The van der Waals surface area contributed by atoms with E-state index in [1.165, 1.54) is 37.8 Å². The summed E-state index contributed by atoms with van der Waals surface area (Å²) in [5.74, 6) is 0. The maximum absolute atomic E-state index is 2.71. The number of thiophene rings is 2. The summed E-state index contributed by atoms with van der Waals surface area (Å²) in [5.41, 5.74) is 1.46. The summed E-state index contributed by atoms with van der Waals surface area (Å²) >= 11 is 3.83. The van der Waals surface area contributed by atoms with Gasteiger partial charge in [-0.2, -0.15) is 0 Å². The van der Waals surface area contributed by atoms with Gasteiger partial charge in [0.2, 0.25) is 0 Å². The van der Waals surface area contributed by atoms with Crippen molar-refractivity contribution in [2.24, 2.45) is 0 Å². The van der Waals surface area contributed by atoms with Gasteiger partial charge in [0.05, 0.1) is 0 Å². The van der Waals surface area contributed by atoms with E-state index in [2.05, 4.69) is 40.8 Å². The molecular weight excluding hydrogens is 270 g/mol. The smallest absolute Gasteiger partial charge is 0.0445 e. The SMILES string of the molecule is Cc1ccsc1CN1CCCCCC1c1cccs1. The van der Waals surface area contributed by atoms with Gasteiger partial charge < -0.3 is 0 Å². The summed E-state index contributed by atoms with van der Waals surface area (Å²) in [7, 11) is 0. The minimum atomic E-state index is 0.643. The predicted molar refractivity (Wildman–Crippen MR) is 85.0 cm³/mol. The van der Waals surface area contributed by atoms with E-state index in [1.54, 1.807) is 9.75 Å². The molecule has 102 valence electrons. The van der Waals surface area contributed by atoms with Crippen molar-refractivity contribution in [1.82, 2.24) is 4.90 Å². The minimum Gasteiger partial charge on any atom is -0.290 e. The summed E-state index contributed by atoms with van der Waals surface area (Å²) in [6.45, 7) is 4.62. The van der Waals surface area contributed by atoms with E-state index in [0.29, 0.717) is 6.04 Å². The third-order valence-electron chi connectivity index (χ3n) is 4.05. The maximum atomic E-state index is 2.71. The third-order valence-corrected chi connectivity index (χ3v) is 6.03. The number of likely N-dealkylation sites (tertiary alicyclic amines) is 1. The van der Waals surface area contributed by atoms with Crippen LogP contribution in [0.2, 0.25) is 0 Å². The Morgan fingerprint density at radius 3 is 2.84 bits per heavy atom. The summed E-state index contributed by atoms with van der Waals surface area (Å²) < 4.78 is 0. The largest absolute Gasteiger partial charge is 0.290 e. The molecule has 1 saturated heterocycles. The Morgan fingerprint density at radius 1 is 1.16 bits per heavy atom. The van der Waals surface area contributed by atoms with Crippen LogP contribution in [0, 0.1) is 6.92 Å². The fourth-order valence-corrected chi connectivity index (χ4v) is 4.74. The average Bonchev–Trinajstić information content (AvgIpc) is 3.00. The lowest BCUT2D eigenvalue weighted by molar-refractivity contribution is 0.197. The zero-order chi connectivity index (χ0) is 13.1. The first kappa shape index (κ1) is 13.3. The molecule has 2 aromatic heterocycles. The molecule has 1 aliphatic heterocycles. The highest BCUT2D eigenvalue weighted by Gasteiger charge is 2.24. The quantitative estimate of drug-likeness (QED) is 0.748. The van der Waals surface area contributed by atoms with Crippen molar-refractivity contribution < 1.29 is 0 Å². The van der Waals surface area contributed by atoms with Crippen LogP contribution in [0.4, 0.5) is 0 Å². The van der Waals surface area contributed by atoms with Crippen LogP contribution >= 0.6 is 22.7 Å². The van der Waals surface area contributed by atoms with Gasteiger partial charge in [-0.3, -0.25) is 4.90 Å². The molecule has 3 heteroatoms. The van der Waals surface area contributed by atoms with Crippen LogP contribution in [-0.4, -0.2) is 11.4 Å². The molecule has 0 saturated carbocycles. The Bertz CT molecular complexity index is 501. The summed E-state index contributed by atoms with van der Waals surface area (Å²) in [4.78, 5) is 5.80. The topological polar surface area (TPSA) is 3.24 Å². The Kier molecular flexibility index (Phi) is 4.36.